The molecule has 4 heteroatoms. The number of benzene rings is 2. The van der Waals surface area contributed by atoms with Gasteiger partial charge in [-0.05, 0) is 36.8 Å². The van der Waals surface area contributed by atoms with Crippen LogP contribution in [0, 0.1) is 6.92 Å². The zero-order chi connectivity index (χ0) is 15.5. The number of carbonyl (C=O) groups is 1. The SMILES string of the molecule is COc1cc(C(=O)Nc2ccnc3ccccc23)ccc1C. The third kappa shape index (κ3) is 2.63. The van der Waals surface area contributed by atoms with Gasteiger partial charge in [0.1, 0.15) is 5.75 Å². The Balaban J connectivity index is 1.93. The van der Waals surface area contributed by atoms with Gasteiger partial charge >= 0.3 is 0 Å². The largest absolute Gasteiger partial charge is 0.496 e. The van der Waals surface area contributed by atoms with E-state index in [1.165, 1.54) is 0 Å². The fourth-order valence-electron chi connectivity index (χ4n) is 2.36. The molecule has 0 unspecified atom stereocenters. The zero-order valence-corrected chi connectivity index (χ0v) is 12.5. The number of nitrogens with one attached hydrogen (secondary N) is 1. The number of amides is 1. The fraction of sp³-hybridized carbons (Fsp3) is 0.111. The molecule has 0 fully saturated rings. The Morgan fingerprint density at radius 1 is 1.14 bits per heavy atom. The van der Waals surface area contributed by atoms with Gasteiger partial charge in [-0.3, -0.25) is 9.78 Å². The maximum absolute atomic E-state index is 12.5. The Labute approximate surface area is 128 Å². The van der Waals surface area contributed by atoms with E-state index in [-0.39, 0.29) is 5.91 Å². The summed E-state index contributed by atoms with van der Waals surface area (Å²) < 4.78 is 5.27. The lowest BCUT2D eigenvalue weighted by Gasteiger charge is -2.10. The fourth-order valence-corrected chi connectivity index (χ4v) is 2.36. The average molecular weight is 292 g/mol. The van der Waals surface area contributed by atoms with Crippen LogP contribution in [0.15, 0.2) is 54.7 Å². The molecular formula is C18H16N2O2. The van der Waals surface area contributed by atoms with Crippen LogP contribution in [0.2, 0.25) is 0 Å². The van der Waals surface area contributed by atoms with Crippen LogP contribution in [0.25, 0.3) is 10.9 Å². The molecule has 3 rings (SSSR count). The number of anilines is 1. The van der Waals surface area contributed by atoms with E-state index < -0.39 is 0 Å². The molecule has 110 valence electrons. The highest BCUT2D eigenvalue weighted by molar-refractivity contribution is 6.08. The molecule has 0 aliphatic rings. The molecule has 0 aliphatic heterocycles. The number of pyridine rings is 1. The van der Waals surface area contributed by atoms with Gasteiger partial charge in [0.15, 0.2) is 0 Å². The molecule has 2 aromatic carbocycles. The monoisotopic (exact) mass is 292 g/mol. The standard InChI is InChI=1S/C18H16N2O2/c1-12-7-8-13(11-17(12)22-2)18(21)20-16-9-10-19-15-6-4-3-5-14(15)16/h3-11H,1-2H3,(H,19,20,21). The van der Waals surface area contributed by atoms with Crippen molar-refractivity contribution in [3.8, 4) is 5.75 Å². The molecule has 1 heterocycles. The third-order valence-electron chi connectivity index (χ3n) is 3.57. The lowest BCUT2D eigenvalue weighted by molar-refractivity contribution is 0.102. The van der Waals surface area contributed by atoms with E-state index >= 15 is 0 Å². The van der Waals surface area contributed by atoms with Gasteiger partial charge in [0.25, 0.3) is 5.91 Å². The van der Waals surface area contributed by atoms with Crippen LogP contribution in [0.4, 0.5) is 5.69 Å². The molecule has 1 N–H and O–H groups in total. The highest BCUT2D eigenvalue weighted by Crippen LogP contribution is 2.23. The average Bonchev–Trinajstić information content (AvgIpc) is 2.55. The van der Waals surface area contributed by atoms with E-state index in [4.69, 9.17) is 4.74 Å². The van der Waals surface area contributed by atoms with E-state index in [2.05, 4.69) is 10.3 Å². The lowest BCUT2D eigenvalue weighted by atomic mass is 10.1. The summed E-state index contributed by atoms with van der Waals surface area (Å²) in [7, 11) is 1.60. The molecule has 1 aromatic heterocycles. The third-order valence-corrected chi connectivity index (χ3v) is 3.57. The van der Waals surface area contributed by atoms with Crippen molar-refractivity contribution in [3.63, 3.8) is 0 Å². The van der Waals surface area contributed by atoms with Gasteiger partial charge in [0.05, 0.1) is 18.3 Å². The molecule has 0 bridgehead atoms. The van der Waals surface area contributed by atoms with Crippen LogP contribution < -0.4 is 10.1 Å². The molecular weight excluding hydrogens is 276 g/mol. The molecule has 0 radical (unpaired) electrons. The number of rotatable bonds is 3. The number of ether oxygens (including phenoxy) is 1. The number of hydrogen-bond donors (Lipinski definition) is 1. The van der Waals surface area contributed by atoms with Crippen molar-refractivity contribution in [2.45, 2.75) is 6.92 Å². The van der Waals surface area contributed by atoms with Crippen LogP contribution in [0.5, 0.6) is 5.75 Å². The second-order valence-corrected chi connectivity index (χ2v) is 5.01. The van der Waals surface area contributed by atoms with Crippen molar-refractivity contribution in [1.29, 1.82) is 0 Å². The molecule has 4 nitrogen and oxygen atoms in total. The second-order valence-electron chi connectivity index (χ2n) is 5.01. The Morgan fingerprint density at radius 3 is 2.77 bits per heavy atom. The maximum atomic E-state index is 12.5. The number of aromatic nitrogens is 1. The van der Waals surface area contributed by atoms with E-state index in [1.807, 2.05) is 37.3 Å². The molecule has 22 heavy (non-hydrogen) atoms. The van der Waals surface area contributed by atoms with Gasteiger partial charge in [0.2, 0.25) is 0 Å². The number of carbonyl (C=O) groups excluding carboxylic acids is 1. The van der Waals surface area contributed by atoms with Crippen molar-refractivity contribution in [3.05, 3.63) is 65.9 Å². The van der Waals surface area contributed by atoms with E-state index in [9.17, 15) is 4.79 Å². The van der Waals surface area contributed by atoms with Gasteiger partial charge < -0.3 is 10.1 Å². The Bertz CT molecular complexity index is 838. The quantitative estimate of drug-likeness (QED) is 0.798. The molecule has 0 saturated heterocycles. The number of fused-ring (bicyclic) bond motifs is 1. The minimum absolute atomic E-state index is 0.172. The second kappa shape index (κ2) is 5.85. The van der Waals surface area contributed by atoms with Crippen molar-refractivity contribution < 1.29 is 9.53 Å². The zero-order valence-electron chi connectivity index (χ0n) is 12.5. The highest BCUT2D eigenvalue weighted by Gasteiger charge is 2.10. The first kappa shape index (κ1) is 14.1. The predicted molar refractivity (Wildman–Crippen MR) is 87.4 cm³/mol. The van der Waals surface area contributed by atoms with Crippen molar-refractivity contribution in [1.82, 2.24) is 4.98 Å². The Kier molecular flexibility index (Phi) is 3.74. The molecule has 0 saturated carbocycles. The van der Waals surface area contributed by atoms with Gasteiger partial charge in [-0.25, -0.2) is 0 Å². The first-order chi connectivity index (χ1) is 10.7. The first-order valence-electron chi connectivity index (χ1n) is 6.99. The van der Waals surface area contributed by atoms with Crippen molar-refractivity contribution in [2.75, 3.05) is 12.4 Å². The normalized spacial score (nSPS) is 10.5. The summed E-state index contributed by atoms with van der Waals surface area (Å²) in [5.74, 6) is 0.530. The molecule has 3 aromatic rings. The van der Waals surface area contributed by atoms with Crippen LogP contribution >= 0.6 is 0 Å². The predicted octanol–water partition coefficient (Wildman–Crippen LogP) is 3.80. The topological polar surface area (TPSA) is 51.2 Å². The number of hydrogen-bond acceptors (Lipinski definition) is 3. The number of para-hydroxylation sites is 1. The summed E-state index contributed by atoms with van der Waals surface area (Å²) >= 11 is 0. The summed E-state index contributed by atoms with van der Waals surface area (Å²) in [5.41, 5.74) is 3.15. The van der Waals surface area contributed by atoms with Crippen LogP contribution in [0.3, 0.4) is 0 Å². The minimum atomic E-state index is -0.172. The lowest BCUT2D eigenvalue weighted by Crippen LogP contribution is -2.12. The number of aryl methyl sites for hydroxylation is 1. The molecule has 0 atom stereocenters. The summed E-state index contributed by atoms with van der Waals surface area (Å²) in [6, 6.07) is 14.9. The molecule has 0 spiro atoms. The summed E-state index contributed by atoms with van der Waals surface area (Å²) in [4.78, 5) is 16.7. The molecule has 0 aliphatic carbocycles. The maximum Gasteiger partial charge on any atom is 0.255 e. The van der Waals surface area contributed by atoms with Crippen LogP contribution in [-0.4, -0.2) is 18.0 Å². The number of nitrogens with zero attached hydrogens (tertiary/aromatic N) is 1. The first-order valence-corrected chi connectivity index (χ1v) is 6.99. The highest BCUT2D eigenvalue weighted by atomic mass is 16.5. The van der Waals surface area contributed by atoms with E-state index in [0.29, 0.717) is 11.3 Å². The van der Waals surface area contributed by atoms with E-state index in [1.54, 1.807) is 31.5 Å². The van der Waals surface area contributed by atoms with Gasteiger partial charge in [-0.1, -0.05) is 24.3 Å². The number of methoxy groups -OCH3 is 1. The van der Waals surface area contributed by atoms with Crippen molar-refractivity contribution in [2.24, 2.45) is 0 Å². The van der Waals surface area contributed by atoms with E-state index in [0.717, 1.165) is 22.2 Å². The van der Waals surface area contributed by atoms with Crippen LogP contribution in [0.1, 0.15) is 15.9 Å². The van der Waals surface area contributed by atoms with Gasteiger partial charge in [0, 0.05) is 17.1 Å². The summed E-state index contributed by atoms with van der Waals surface area (Å²) in [6.07, 6.45) is 1.69. The van der Waals surface area contributed by atoms with Crippen LogP contribution in [-0.2, 0) is 0 Å². The van der Waals surface area contributed by atoms with Gasteiger partial charge in [-0.15, -0.1) is 0 Å². The van der Waals surface area contributed by atoms with Gasteiger partial charge in [-0.2, -0.15) is 0 Å². The molecule has 1 amide bonds. The Morgan fingerprint density at radius 2 is 1.95 bits per heavy atom. The minimum Gasteiger partial charge on any atom is -0.496 e. The van der Waals surface area contributed by atoms with Crippen molar-refractivity contribution >= 4 is 22.5 Å². The Hall–Kier alpha value is -2.88. The summed E-state index contributed by atoms with van der Waals surface area (Å²) in [6.45, 7) is 1.94. The smallest absolute Gasteiger partial charge is 0.255 e. The summed E-state index contributed by atoms with van der Waals surface area (Å²) in [5, 5.41) is 3.85.